The Morgan fingerprint density at radius 1 is 1.17 bits per heavy atom. The molecule has 2 aliphatic heterocycles. The number of carbonyl (C=O) groups is 4. The Kier molecular flexibility index (Phi) is 5.87. The van der Waals surface area contributed by atoms with Crippen LogP contribution in [0.5, 0.6) is 0 Å². The molecule has 2 saturated heterocycles. The van der Waals surface area contributed by atoms with Gasteiger partial charge in [0.2, 0.25) is 11.8 Å². The molecule has 128 valence electrons. The average Bonchev–Trinajstić information content (AvgIpc) is 2.52. The summed E-state index contributed by atoms with van der Waals surface area (Å²) in [6, 6.07) is -1.47. The second-order valence-electron chi connectivity index (χ2n) is 6.43. The second-order valence-corrected chi connectivity index (χ2v) is 6.43. The van der Waals surface area contributed by atoms with E-state index in [4.69, 9.17) is 0 Å². The lowest BCUT2D eigenvalue weighted by Gasteiger charge is -2.34. The van der Waals surface area contributed by atoms with Gasteiger partial charge in [0.05, 0.1) is 12.1 Å². The SMILES string of the molecule is CCCC[C@@H]1NC[C@H](C(=O)C2CC(=O)N[C@@H](C(C)=O)C2)NC1=O. The standard InChI is InChI=1S/C16H25N3O4/c1-3-4-5-11-16(23)19-13(8-17-11)15(22)10-6-12(9(2)20)18-14(21)7-10/h10-13,17H,3-8H2,1-2H3,(H,18,21)(H,19,23)/t10?,11-,12+,13+/m0/s1. The number of piperazine rings is 1. The number of hydrogen-bond acceptors (Lipinski definition) is 5. The van der Waals surface area contributed by atoms with Crippen LogP contribution < -0.4 is 16.0 Å². The van der Waals surface area contributed by atoms with Crippen molar-refractivity contribution < 1.29 is 19.2 Å². The summed E-state index contributed by atoms with van der Waals surface area (Å²) in [6.45, 7) is 3.84. The molecule has 2 aliphatic rings. The molecule has 0 bridgehead atoms. The minimum atomic E-state index is -0.621. The fourth-order valence-corrected chi connectivity index (χ4v) is 3.16. The molecular formula is C16H25N3O4. The summed E-state index contributed by atoms with van der Waals surface area (Å²) in [4.78, 5) is 47.8. The molecule has 0 saturated carbocycles. The molecule has 2 amide bonds. The first kappa shape index (κ1) is 17.6. The molecule has 7 heteroatoms. The number of hydrogen-bond donors (Lipinski definition) is 3. The number of carbonyl (C=O) groups excluding carboxylic acids is 4. The van der Waals surface area contributed by atoms with Crippen LogP contribution in [-0.4, -0.2) is 48.1 Å². The minimum Gasteiger partial charge on any atom is -0.346 e. The third-order valence-electron chi connectivity index (χ3n) is 4.57. The van der Waals surface area contributed by atoms with Crippen molar-refractivity contribution in [3.63, 3.8) is 0 Å². The van der Waals surface area contributed by atoms with Gasteiger partial charge < -0.3 is 16.0 Å². The van der Waals surface area contributed by atoms with Gasteiger partial charge in [-0.1, -0.05) is 19.8 Å². The number of Topliss-reactive ketones (excluding diaryl/α,β-unsaturated/α-hetero) is 2. The van der Waals surface area contributed by atoms with E-state index in [9.17, 15) is 19.2 Å². The van der Waals surface area contributed by atoms with E-state index in [-0.39, 0.29) is 35.8 Å². The maximum atomic E-state index is 12.6. The summed E-state index contributed by atoms with van der Waals surface area (Å²) in [5.74, 6) is -1.28. The van der Waals surface area contributed by atoms with Crippen LogP contribution in [-0.2, 0) is 19.2 Å². The molecule has 0 radical (unpaired) electrons. The van der Waals surface area contributed by atoms with Gasteiger partial charge in [-0.05, 0) is 19.8 Å². The van der Waals surface area contributed by atoms with Crippen LogP contribution in [0.15, 0.2) is 0 Å². The van der Waals surface area contributed by atoms with E-state index in [1.807, 2.05) is 0 Å². The molecule has 4 atom stereocenters. The van der Waals surface area contributed by atoms with Gasteiger partial charge in [-0.15, -0.1) is 0 Å². The number of rotatable bonds is 6. The van der Waals surface area contributed by atoms with Crippen LogP contribution in [0, 0.1) is 5.92 Å². The number of amides is 2. The Morgan fingerprint density at radius 3 is 2.52 bits per heavy atom. The van der Waals surface area contributed by atoms with E-state index >= 15 is 0 Å². The lowest BCUT2D eigenvalue weighted by Crippen LogP contribution is -2.62. The monoisotopic (exact) mass is 323 g/mol. The molecule has 7 nitrogen and oxygen atoms in total. The van der Waals surface area contributed by atoms with E-state index in [1.54, 1.807) is 0 Å². The molecule has 0 aromatic heterocycles. The lowest BCUT2D eigenvalue weighted by molar-refractivity contribution is -0.138. The Balaban J connectivity index is 1.94. The first-order chi connectivity index (χ1) is 10.9. The zero-order valence-electron chi connectivity index (χ0n) is 13.7. The first-order valence-corrected chi connectivity index (χ1v) is 8.29. The summed E-state index contributed by atoms with van der Waals surface area (Å²) >= 11 is 0. The smallest absolute Gasteiger partial charge is 0.237 e. The summed E-state index contributed by atoms with van der Waals surface area (Å²) in [5, 5.41) is 8.48. The summed E-state index contributed by atoms with van der Waals surface area (Å²) in [7, 11) is 0. The Labute approximate surface area is 135 Å². The van der Waals surface area contributed by atoms with Crippen molar-refractivity contribution in [1.29, 1.82) is 0 Å². The molecule has 23 heavy (non-hydrogen) atoms. The lowest BCUT2D eigenvalue weighted by atomic mass is 9.84. The van der Waals surface area contributed by atoms with Crippen molar-refractivity contribution >= 4 is 23.4 Å². The number of ketones is 2. The average molecular weight is 323 g/mol. The molecule has 0 aliphatic carbocycles. The van der Waals surface area contributed by atoms with E-state index < -0.39 is 18.0 Å². The molecule has 3 N–H and O–H groups in total. The van der Waals surface area contributed by atoms with Crippen molar-refractivity contribution in [2.45, 2.75) is 64.1 Å². The van der Waals surface area contributed by atoms with Crippen LogP contribution >= 0.6 is 0 Å². The summed E-state index contributed by atoms with van der Waals surface area (Å²) in [5.41, 5.74) is 0. The normalized spacial score (nSPS) is 31.2. The largest absolute Gasteiger partial charge is 0.346 e. The minimum absolute atomic E-state index is 0.0776. The molecule has 0 aromatic rings. The van der Waals surface area contributed by atoms with Gasteiger partial charge in [0, 0.05) is 18.9 Å². The van der Waals surface area contributed by atoms with Gasteiger partial charge in [0.25, 0.3) is 0 Å². The zero-order chi connectivity index (χ0) is 17.0. The first-order valence-electron chi connectivity index (χ1n) is 8.29. The van der Waals surface area contributed by atoms with E-state index in [1.165, 1.54) is 6.92 Å². The molecule has 2 fully saturated rings. The molecule has 0 spiro atoms. The third kappa shape index (κ3) is 4.37. The van der Waals surface area contributed by atoms with Crippen molar-refractivity contribution in [1.82, 2.24) is 16.0 Å². The van der Waals surface area contributed by atoms with E-state index in [0.29, 0.717) is 13.0 Å². The molecule has 0 aromatic carbocycles. The van der Waals surface area contributed by atoms with Gasteiger partial charge in [0.1, 0.15) is 6.04 Å². The fourth-order valence-electron chi connectivity index (χ4n) is 3.16. The molecular weight excluding hydrogens is 298 g/mol. The fraction of sp³-hybridized carbons (Fsp3) is 0.750. The zero-order valence-corrected chi connectivity index (χ0v) is 13.7. The van der Waals surface area contributed by atoms with Gasteiger partial charge in [-0.3, -0.25) is 19.2 Å². The number of nitrogens with one attached hydrogen (secondary N) is 3. The van der Waals surface area contributed by atoms with Gasteiger partial charge >= 0.3 is 0 Å². The highest BCUT2D eigenvalue weighted by Crippen LogP contribution is 2.21. The van der Waals surface area contributed by atoms with Crippen molar-refractivity contribution in [2.75, 3.05) is 6.54 Å². The van der Waals surface area contributed by atoms with Crippen molar-refractivity contribution in [2.24, 2.45) is 5.92 Å². The number of piperidine rings is 1. The number of unbranched alkanes of at least 4 members (excludes halogenated alkanes) is 1. The van der Waals surface area contributed by atoms with Gasteiger partial charge in [-0.2, -0.15) is 0 Å². The van der Waals surface area contributed by atoms with Gasteiger partial charge in [0.15, 0.2) is 11.6 Å². The predicted molar refractivity (Wildman–Crippen MR) is 83.6 cm³/mol. The second kappa shape index (κ2) is 7.68. The van der Waals surface area contributed by atoms with Crippen molar-refractivity contribution in [3.05, 3.63) is 0 Å². The molecule has 2 heterocycles. The predicted octanol–water partition coefficient (Wildman–Crippen LogP) is -0.314. The van der Waals surface area contributed by atoms with Gasteiger partial charge in [-0.25, -0.2) is 0 Å². The highest BCUT2D eigenvalue weighted by Gasteiger charge is 2.39. The van der Waals surface area contributed by atoms with E-state index in [0.717, 1.165) is 19.3 Å². The third-order valence-corrected chi connectivity index (χ3v) is 4.57. The van der Waals surface area contributed by atoms with Crippen LogP contribution in [0.25, 0.3) is 0 Å². The van der Waals surface area contributed by atoms with Crippen LogP contribution in [0.2, 0.25) is 0 Å². The quantitative estimate of drug-likeness (QED) is 0.622. The van der Waals surface area contributed by atoms with Crippen LogP contribution in [0.1, 0.15) is 46.0 Å². The summed E-state index contributed by atoms with van der Waals surface area (Å²) in [6.07, 6.45) is 3.10. The van der Waals surface area contributed by atoms with E-state index in [2.05, 4.69) is 22.9 Å². The maximum absolute atomic E-state index is 12.6. The Bertz CT molecular complexity index is 506. The van der Waals surface area contributed by atoms with Crippen LogP contribution in [0.3, 0.4) is 0 Å². The Hall–Kier alpha value is -1.76. The maximum Gasteiger partial charge on any atom is 0.237 e. The molecule has 2 rings (SSSR count). The topological polar surface area (TPSA) is 104 Å². The summed E-state index contributed by atoms with van der Waals surface area (Å²) < 4.78 is 0. The highest BCUT2D eigenvalue weighted by molar-refractivity contribution is 5.98. The van der Waals surface area contributed by atoms with Crippen molar-refractivity contribution in [3.8, 4) is 0 Å². The molecule has 1 unspecified atom stereocenters. The highest BCUT2D eigenvalue weighted by atomic mass is 16.2. The van der Waals surface area contributed by atoms with Crippen LogP contribution in [0.4, 0.5) is 0 Å². The Morgan fingerprint density at radius 2 is 1.91 bits per heavy atom.